The first-order valence-corrected chi connectivity index (χ1v) is 11.1. The number of aromatic nitrogens is 4. The van der Waals surface area contributed by atoms with Crippen LogP contribution < -0.4 is 0 Å². The van der Waals surface area contributed by atoms with E-state index in [0.29, 0.717) is 23.9 Å². The van der Waals surface area contributed by atoms with E-state index in [1.54, 1.807) is 6.20 Å². The van der Waals surface area contributed by atoms with Crippen LogP contribution in [0.1, 0.15) is 48.4 Å². The maximum absolute atomic E-state index is 11.8. The molecule has 1 unspecified atom stereocenters. The molecule has 154 valence electrons. The quantitative estimate of drug-likeness (QED) is 0.543. The van der Waals surface area contributed by atoms with E-state index in [1.807, 2.05) is 16.7 Å². The number of methoxy groups -OCH3 is 1. The van der Waals surface area contributed by atoms with Gasteiger partial charge in [-0.15, -0.1) is 0 Å². The Labute approximate surface area is 168 Å². The Morgan fingerprint density at radius 1 is 1.31 bits per heavy atom. The summed E-state index contributed by atoms with van der Waals surface area (Å²) in [5, 5.41) is 0. The van der Waals surface area contributed by atoms with Gasteiger partial charge in [-0.1, -0.05) is 6.07 Å². The topological polar surface area (TPSA) is 105 Å². The van der Waals surface area contributed by atoms with Crippen molar-refractivity contribution in [1.82, 2.24) is 18.9 Å². The molecule has 1 aliphatic carbocycles. The highest BCUT2D eigenvalue weighted by Crippen LogP contribution is 2.40. The van der Waals surface area contributed by atoms with Crippen molar-refractivity contribution < 1.29 is 22.1 Å². The lowest BCUT2D eigenvalue weighted by atomic mass is 10.1. The van der Waals surface area contributed by atoms with Crippen LogP contribution in [-0.4, -0.2) is 46.8 Å². The van der Waals surface area contributed by atoms with Crippen LogP contribution in [0.3, 0.4) is 0 Å². The van der Waals surface area contributed by atoms with E-state index >= 15 is 0 Å². The molecule has 0 radical (unpaired) electrons. The number of carbonyl (C=O) groups is 1. The summed E-state index contributed by atoms with van der Waals surface area (Å²) in [4.78, 5) is 20.5. The average molecular weight is 418 g/mol. The number of hydrogen-bond acceptors (Lipinski definition) is 7. The number of nitrogens with zero attached hydrogens (tertiary/aromatic N) is 4. The van der Waals surface area contributed by atoms with Crippen molar-refractivity contribution in [3.05, 3.63) is 54.0 Å². The molecule has 0 bridgehead atoms. The lowest BCUT2D eigenvalue weighted by molar-refractivity contribution is 0.170. The van der Waals surface area contributed by atoms with Crippen LogP contribution in [0.4, 0.5) is 4.79 Å². The van der Waals surface area contributed by atoms with E-state index in [2.05, 4.69) is 16.0 Å². The smallest absolute Gasteiger partial charge is 0.419 e. The minimum Gasteiger partial charge on any atom is -0.452 e. The summed E-state index contributed by atoms with van der Waals surface area (Å²) in [7, 11) is -2.42. The Bertz CT molecular complexity index is 1150. The molecule has 1 atom stereocenters. The fraction of sp³-hybridized carbons (Fsp3) is 0.421. The molecule has 1 saturated carbocycles. The van der Waals surface area contributed by atoms with Gasteiger partial charge in [0, 0.05) is 31.2 Å². The summed E-state index contributed by atoms with van der Waals surface area (Å²) in [5.41, 5.74) is 2.49. The normalized spacial score (nSPS) is 15.5. The summed E-state index contributed by atoms with van der Waals surface area (Å²) in [5.74, 6) is 1.06. The lowest BCUT2D eigenvalue weighted by Gasteiger charge is -2.14. The van der Waals surface area contributed by atoms with Gasteiger partial charge in [0.2, 0.25) is 0 Å². The molecule has 0 amide bonds. The van der Waals surface area contributed by atoms with Gasteiger partial charge in [-0.05, 0) is 36.8 Å². The minimum atomic E-state index is -3.71. The van der Waals surface area contributed by atoms with E-state index in [-0.39, 0.29) is 6.42 Å². The number of aryl methyl sites for hydroxylation is 1. The molecule has 1 aliphatic rings. The summed E-state index contributed by atoms with van der Waals surface area (Å²) < 4.78 is 36.8. The van der Waals surface area contributed by atoms with Crippen molar-refractivity contribution in [2.75, 3.05) is 13.4 Å². The molecule has 3 heterocycles. The van der Waals surface area contributed by atoms with Gasteiger partial charge in [0.25, 0.3) is 10.1 Å². The molecule has 0 aliphatic heterocycles. The number of ether oxygens (including phenoxy) is 1. The third kappa shape index (κ3) is 4.48. The van der Waals surface area contributed by atoms with E-state index < -0.39 is 22.3 Å². The fourth-order valence-electron chi connectivity index (χ4n) is 3.34. The van der Waals surface area contributed by atoms with Crippen molar-refractivity contribution in [1.29, 1.82) is 0 Å². The molecule has 1 fully saturated rings. The zero-order chi connectivity index (χ0) is 20.6. The van der Waals surface area contributed by atoms with Gasteiger partial charge in [-0.2, -0.15) is 8.42 Å². The highest BCUT2D eigenvalue weighted by molar-refractivity contribution is 7.86. The molecule has 9 nitrogen and oxygen atoms in total. The number of pyridine rings is 1. The molecule has 10 heteroatoms. The third-order valence-electron chi connectivity index (χ3n) is 4.88. The zero-order valence-electron chi connectivity index (χ0n) is 16.2. The summed E-state index contributed by atoms with van der Waals surface area (Å²) in [6.07, 6.45) is 9.45. The number of rotatable bonds is 7. The molecule has 4 rings (SSSR count). The maximum atomic E-state index is 11.8. The molecular weight excluding hydrogens is 396 g/mol. The van der Waals surface area contributed by atoms with Gasteiger partial charge < -0.3 is 9.14 Å². The molecule has 3 aromatic heterocycles. The van der Waals surface area contributed by atoms with Gasteiger partial charge in [0.05, 0.1) is 19.1 Å². The molecule has 29 heavy (non-hydrogen) atoms. The van der Waals surface area contributed by atoms with Gasteiger partial charge >= 0.3 is 6.09 Å². The summed E-state index contributed by atoms with van der Waals surface area (Å²) in [6, 6.07) is 3.99. The maximum Gasteiger partial charge on any atom is 0.419 e. The first-order valence-electron chi connectivity index (χ1n) is 9.31. The molecular formula is C19H22N4O5S. The Morgan fingerprint density at radius 3 is 2.79 bits per heavy atom. The molecule has 0 saturated heterocycles. The summed E-state index contributed by atoms with van der Waals surface area (Å²) >= 11 is 0. The Hall–Kier alpha value is -2.72. The van der Waals surface area contributed by atoms with Gasteiger partial charge in [0.15, 0.2) is 0 Å². The van der Waals surface area contributed by atoms with Crippen LogP contribution in [0.25, 0.3) is 5.65 Å². The predicted octanol–water partition coefficient (Wildman–Crippen LogP) is 2.67. The Morgan fingerprint density at radius 2 is 2.10 bits per heavy atom. The van der Waals surface area contributed by atoms with Crippen molar-refractivity contribution in [3.8, 4) is 0 Å². The Kier molecular flexibility index (Phi) is 5.13. The van der Waals surface area contributed by atoms with Crippen molar-refractivity contribution in [2.24, 2.45) is 0 Å². The lowest BCUT2D eigenvalue weighted by Crippen LogP contribution is -2.16. The summed E-state index contributed by atoms with van der Waals surface area (Å²) in [6.45, 7) is 0. The number of imidazole rings is 2. The minimum absolute atomic E-state index is 0.278. The second-order valence-corrected chi connectivity index (χ2v) is 8.78. The number of fused-ring (bicyclic) bond motifs is 1. The van der Waals surface area contributed by atoms with E-state index in [9.17, 15) is 13.2 Å². The third-order valence-corrected chi connectivity index (χ3v) is 5.46. The van der Waals surface area contributed by atoms with Crippen LogP contribution in [-0.2, 0) is 25.5 Å². The second-order valence-electron chi connectivity index (χ2n) is 7.18. The SMILES string of the molecule is COC(=O)n1ccnc1CCC(OS(C)(=O)=O)c1cn2cc(C3CC3)ccc2n1. The first kappa shape index (κ1) is 19.6. The molecule has 0 spiro atoms. The van der Waals surface area contributed by atoms with Crippen molar-refractivity contribution in [2.45, 2.75) is 37.7 Å². The van der Waals surface area contributed by atoms with Crippen LogP contribution >= 0.6 is 0 Å². The van der Waals surface area contributed by atoms with Gasteiger partial charge in [-0.25, -0.2) is 19.3 Å². The first-order chi connectivity index (χ1) is 13.8. The molecule has 0 N–H and O–H groups in total. The van der Waals surface area contributed by atoms with E-state index in [4.69, 9.17) is 8.92 Å². The Balaban J connectivity index is 1.59. The highest BCUT2D eigenvalue weighted by Gasteiger charge is 2.25. The predicted molar refractivity (Wildman–Crippen MR) is 104 cm³/mol. The largest absolute Gasteiger partial charge is 0.452 e. The highest BCUT2D eigenvalue weighted by atomic mass is 32.2. The monoisotopic (exact) mass is 418 g/mol. The van der Waals surface area contributed by atoms with Crippen LogP contribution in [0.5, 0.6) is 0 Å². The average Bonchev–Trinajstić information content (AvgIpc) is 3.27. The molecule has 3 aromatic rings. The standard InChI is InChI=1S/C19H22N4O5S/c1-27-19(24)23-10-9-20-17(23)8-6-16(28-29(2,25)26)15-12-22-11-14(13-3-4-13)5-7-18(22)21-15/h5,7,9-13,16H,3-4,6,8H2,1-2H3. The van der Waals surface area contributed by atoms with Gasteiger partial charge in [-0.3, -0.25) is 4.18 Å². The van der Waals surface area contributed by atoms with Crippen molar-refractivity contribution >= 4 is 21.9 Å². The van der Waals surface area contributed by atoms with Crippen LogP contribution in [0, 0.1) is 0 Å². The number of hydrogen-bond donors (Lipinski definition) is 0. The van der Waals surface area contributed by atoms with Crippen LogP contribution in [0.2, 0.25) is 0 Å². The van der Waals surface area contributed by atoms with E-state index in [1.165, 1.54) is 42.5 Å². The fourth-order valence-corrected chi connectivity index (χ4v) is 3.96. The second kappa shape index (κ2) is 7.60. The van der Waals surface area contributed by atoms with Crippen LogP contribution in [0.15, 0.2) is 36.9 Å². The zero-order valence-corrected chi connectivity index (χ0v) is 17.0. The number of carbonyl (C=O) groups excluding carboxylic acids is 1. The molecule has 0 aromatic carbocycles. The van der Waals surface area contributed by atoms with Crippen molar-refractivity contribution in [3.63, 3.8) is 0 Å². The van der Waals surface area contributed by atoms with Gasteiger partial charge in [0.1, 0.15) is 17.6 Å². The van der Waals surface area contributed by atoms with E-state index in [0.717, 1.165) is 11.9 Å².